The lowest BCUT2D eigenvalue weighted by Crippen LogP contribution is -2.29. The van der Waals surface area contributed by atoms with E-state index in [1.807, 2.05) is 42.5 Å². The molecule has 1 N–H and O–H groups in total. The van der Waals surface area contributed by atoms with Crippen LogP contribution in [0.5, 0.6) is 0 Å². The Balaban J connectivity index is 2.01. The number of nitrogens with zero attached hydrogens (tertiary/aromatic N) is 1. The van der Waals surface area contributed by atoms with Crippen LogP contribution in [0.4, 0.5) is 0 Å². The van der Waals surface area contributed by atoms with Crippen LogP contribution in [0.25, 0.3) is 0 Å². The second-order valence-corrected chi connectivity index (χ2v) is 8.78. The molecule has 0 unspecified atom stereocenters. The molecule has 0 aromatic heterocycles. The predicted octanol–water partition coefficient (Wildman–Crippen LogP) is 5.81. The van der Waals surface area contributed by atoms with E-state index in [2.05, 4.69) is 11.4 Å². The Bertz CT molecular complexity index is 1110. The summed E-state index contributed by atoms with van der Waals surface area (Å²) < 4.78 is 10.4. The maximum Gasteiger partial charge on any atom is 0.336 e. The van der Waals surface area contributed by atoms with E-state index < -0.39 is 11.9 Å². The van der Waals surface area contributed by atoms with Crippen LogP contribution >= 0.6 is 35.0 Å². The Hall–Kier alpha value is -2.43. The number of benzene rings is 2. The highest BCUT2D eigenvalue weighted by Crippen LogP contribution is 2.43. The third-order valence-corrected chi connectivity index (χ3v) is 6.71. The second-order valence-electron chi connectivity index (χ2n) is 6.98. The number of nitrogens with one attached hydrogen (secondary N) is 1. The fraction of sp³-hybridized carbons (Fsp3) is 0.250. The van der Waals surface area contributed by atoms with Gasteiger partial charge in [0.25, 0.3) is 0 Å². The van der Waals surface area contributed by atoms with Gasteiger partial charge < -0.3 is 14.8 Å². The largest absolute Gasteiger partial charge is 0.460 e. The van der Waals surface area contributed by atoms with Gasteiger partial charge in [0.15, 0.2) is 0 Å². The first-order valence-corrected chi connectivity index (χ1v) is 11.6. The zero-order valence-corrected chi connectivity index (χ0v) is 20.0. The molecule has 0 amide bonds. The molecule has 166 valence electrons. The van der Waals surface area contributed by atoms with Crippen molar-refractivity contribution in [2.75, 3.05) is 20.3 Å². The summed E-state index contributed by atoms with van der Waals surface area (Å²) in [5, 5.41) is 15.1. The molecule has 0 saturated heterocycles. The molecule has 3 rings (SSSR count). The van der Waals surface area contributed by atoms with E-state index in [9.17, 15) is 10.1 Å². The van der Waals surface area contributed by atoms with Gasteiger partial charge in [-0.2, -0.15) is 5.26 Å². The standard InChI is InChI=1S/C24H22Cl2N2O3S/c1-15-21(24(29)31-12-11-30-2)22(17-8-4-6-10-20(17)26)18(13-27)23(28-15)32-14-16-7-3-5-9-19(16)25/h3-10,22,28H,11-12,14H2,1-2H3/t22-/m0/s1. The Morgan fingerprint density at radius 3 is 2.47 bits per heavy atom. The first kappa shape index (κ1) is 24.2. The number of thioether (sulfide) groups is 1. The second kappa shape index (κ2) is 11.4. The van der Waals surface area contributed by atoms with Crippen LogP contribution < -0.4 is 5.32 Å². The number of rotatable bonds is 8. The fourth-order valence-corrected chi connectivity index (χ4v) is 5.00. The number of carbonyl (C=O) groups excluding carboxylic acids is 1. The van der Waals surface area contributed by atoms with Crippen molar-refractivity contribution in [2.45, 2.75) is 18.6 Å². The highest BCUT2D eigenvalue weighted by molar-refractivity contribution is 8.02. The van der Waals surface area contributed by atoms with E-state index in [1.54, 1.807) is 13.0 Å². The SMILES string of the molecule is COCCOC(=O)C1=C(C)NC(SCc2ccccc2Cl)=C(C#N)[C@@H]1c1ccccc1Cl. The van der Waals surface area contributed by atoms with Gasteiger partial charge in [0.1, 0.15) is 6.61 Å². The van der Waals surface area contributed by atoms with Crippen LogP contribution in [0.2, 0.25) is 10.0 Å². The summed E-state index contributed by atoms with van der Waals surface area (Å²) in [6, 6.07) is 17.1. The summed E-state index contributed by atoms with van der Waals surface area (Å²) in [7, 11) is 1.53. The molecular formula is C24H22Cl2N2O3S. The summed E-state index contributed by atoms with van der Waals surface area (Å²) >= 11 is 14.2. The molecule has 2 aromatic rings. The number of hydrogen-bond acceptors (Lipinski definition) is 6. The van der Waals surface area contributed by atoms with Crippen LogP contribution in [0, 0.1) is 11.3 Å². The Kier molecular flexibility index (Phi) is 8.66. The van der Waals surface area contributed by atoms with Crippen molar-refractivity contribution in [1.29, 1.82) is 5.26 Å². The third-order valence-electron chi connectivity index (χ3n) is 4.93. The number of dihydropyridines is 1. The van der Waals surface area contributed by atoms with Gasteiger partial charge in [0.05, 0.1) is 34.8 Å². The maximum absolute atomic E-state index is 13.0. The van der Waals surface area contributed by atoms with Crippen molar-refractivity contribution < 1.29 is 14.3 Å². The van der Waals surface area contributed by atoms with Gasteiger partial charge in [-0.15, -0.1) is 11.8 Å². The summed E-state index contributed by atoms with van der Waals surface area (Å²) in [5.41, 5.74) is 2.98. The number of esters is 1. The maximum atomic E-state index is 13.0. The summed E-state index contributed by atoms with van der Waals surface area (Å²) in [6.45, 7) is 2.18. The quantitative estimate of drug-likeness (QED) is 0.373. The zero-order valence-electron chi connectivity index (χ0n) is 17.7. The number of allylic oxidation sites excluding steroid dienone is 2. The Morgan fingerprint density at radius 2 is 1.81 bits per heavy atom. The van der Waals surface area contributed by atoms with E-state index in [4.69, 9.17) is 32.7 Å². The van der Waals surface area contributed by atoms with E-state index in [0.29, 0.717) is 43.2 Å². The van der Waals surface area contributed by atoms with Gasteiger partial charge >= 0.3 is 5.97 Å². The minimum atomic E-state index is -0.654. The van der Waals surface area contributed by atoms with Crippen LogP contribution in [-0.2, 0) is 20.0 Å². The first-order valence-electron chi connectivity index (χ1n) is 9.86. The number of ether oxygens (including phenoxy) is 2. The molecule has 0 saturated carbocycles. The van der Waals surface area contributed by atoms with Gasteiger partial charge in [0, 0.05) is 28.6 Å². The van der Waals surface area contributed by atoms with Gasteiger partial charge in [-0.25, -0.2) is 4.79 Å². The summed E-state index contributed by atoms with van der Waals surface area (Å²) in [4.78, 5) is 13.0. The number of nitriles is 1. The van der Waals surface area contributed by atoms with Crippen LogP contribution in [0.15, 0.2) is 70.4 Å². The van der Waals surface area contributed by atoms with Crippen LogP contribution in [0.1, 0.15) is 24.0 Å². The average molecular weight is 489 g/mol. The normalized spacial score (nSPS) is 15.9. The minimum absolute atomic E-state index is 0.112. The van der Waals surface area contributed by atoms with Crippen molar-refractivity contribution in [2.24, 2.45) is 0 Å². The molecule has 0 spiro atoms. The lowest BCUT2D eigenvalue weighted by molar-refractivity contribution is -0.140. The summed E-state index contributed by atoms with van der Waals surface area (Å²) in [5.74, 6) is -0.609. The van der Waals surface area contributed by atoms with E-state index in [0.717, 1.165) is 5.56 Å². The molecule has 5 nitrogen and oxygen atoms in total. The smallest absolute Gasteiger partial charge is 0.336 e. The Morgan fingerprint density at radius 1 is 1.12 bits per heavy atom. The van der Waals surface area contributed by atoms with Crippen molar-refractivity contribution in [1.82, 2.24) is 5.32 Å². The van der Waals surface area contributed by atoms with Crippen LogP contribution in [0.3, 0.4) is 0 Å². The number of carbonyl (C=O) groups is 1. The van der Waals surface area contributed by atoms with Crippen molar-refractivity contribution in [3.05, 3.63) is 91.6 Å². The average Bonchev–Trinajstić information content (AvgIpc) is 2.78. The molecule has 8 heteroatoms. The summed E-state index contributed by atoms with van der Waals surface area (Å²) in [6.07, 6.45) is 0. The first-order chi connectivity index (χ1) is 15.5. The van der Waals surface area contributed by atoms with Crippen molar-refractivity contribution in [3.8, 4) is 6.07 Å². The molecular weight excluding hydrogens is 467 g/mol. The number of halogens is 2. The monoisotopic (exact) mass is 488 g/mol. The van der Waals surface area contributed by atoms with Crippen molar-refractivity contribution in [3.63, 3.8) is 0 Å². The van der Waals surface area contributed by atoms with Gasteiger partial charge in [-0.1, -0.05) is 59.6 Å². The molecule has 0 aliphatic carbocycles. The zero-order chi connectivity index (χ0) is 23.1. The lowest BCUT2D eigenvalue weighted by atomic mass is 9.82. The van der Waals surface area contributed by atoms with Crippen LogP contribution in [-0.4, -0.2) is 26.3 Å². The van der Waals surface area contributed by atoms with Crippen molar-refractivity contribution >= 4 is 40.9 Å². The minimum Gasteiger partial charge on any atom is -0.460 e. The predicted molar refractivity (Wildman–Crippen MR) is 128 cm³/mol. The highest BCUT2D eigenvalue weighted by Gasteiger charge is 2.36. The van der Waals surface area contributed by atoms with Gasteiger partial charge in [-0.05, 0) is 30.2 Å². The number of methoxy groups -OCH3 is 1. The number of hydrogen-bond donors (Lipinski definition) is 1. The molecule has 32 heavy (non-hydrogen) atoms. The highest BCUT2D eigenvalue weighted by atomic mass is 35.5. The fourth-order valence-electron chi connectivity index (χ4n) is 3.38. The van der Waals surface area contributed by atoms with Gasteiger partial charge in [0.2, 0.25) is 0 Å². The van der Waals surface area contributed by atoms with E-state index >= 15 is 0 Å². The molecule has 0 radical (unpaired) electrons. The topological polar surface area (TPSA) is 71.3 Å². The molecule has 1 aliphatic heterocycles. The molecule has 1 atom stereocenters. The molecule has 0 fully saturated rings. The van der Waals surface area contributed by atoms with E-state index in [1.165, 1.54) is 18.9 Å². The molecule has 1 aliphatic rings. The lowest BCUT2D eigenvalue weighted by Gasteiger charge is -2.30. The Labute approximate surface area is 202 Å². The van der Waals surface area contributed by atoms with Gasteiger partial charge in [-0.3, -0.25) is 0 Å². The molecule has 0 bridgehead atoms. The van der Waals surface area contributed by atoms with E-state index in [-0.39, 0.29) is 13.2 Å². The molecule has 2 aromatic carbocycles. The third kappa shape index (κ3) is 5.48. The molecule has 1 heterocycles.